The maximum atomic E-state index is 18.1. The zero-order valence-corrected chi connectivity index (χ0v) is 51.4. The van der Waals surface area contributed by atoms with E-state index in [2.05, 4.69) is 27.7 Å². The lowest BCUT2D eigenvalue weighted by Crippen LogP contribution is -2.79. The maximum absolute atomic E-state index is 18.1. The summed E-state index contributed by atoms with van der Waals surface area (Å²) in [6.07, 6.45) is -6.23. The first-order chi connectivity index (χ1) is 44.1. The second kappa shape index (κ2) is 27.4. The van der Waals surface area contributed by atoms with Gasteiger partial charge < -0.3 is 0 Å². The van der Waals surface area contributed by atoms with Crippen LogP contribution in [0.25, 0.3) is 43.1 Å². The fourth-order valence-electron chi connectivity index (χ4n) is 13.5. The predicted octanol–water partition coefficient (Wildman–Crippen LogP) is 18.9. The lowest BCUT2D eigenvalue weighted by Gasteiger charge is -2.48. The number of rotatable bonds is 17. The van der Waals surface area contributed by atoms with Gasteiger partial charge in [-0.05, 0) is 106 Å². The molecule has 0 aliphatic heterocycles. The molecule has 0 bridgehead atoms. The van der Waals surface area contributed by atoms with E-state index in [1.54, 1.807) is 6.07 Å². The van der Waals surface area contributed by atoms with Crippen molar-refractivity contribution in [1.29, 1.82) is 0 Å². The third-order valence-electron chi connectivity index (χ3n) is 17.4. The molecule has 2 atom stereocenters. The van der Waals surface area contributed by atoms with E-state index >= 15 is 105 Å². The molecule has 94 heavy (non-hydrogen) atoms. The van der Waals surface area contributed by atoms with Gasteiger partial charge >= 0.3 is 0 Å². The third-order valence-corrected chi connectivity index (χ3v) is 20.9. The summed E-state index contributed by atoms with van der Waals surface area (Å²) in [6.45, 7) is 11.3. The number of fused-ring (bicyclic) bond motifs is 4. The van der Waals surface area contributed by atoms with Gasteiger partial charge in [-0.1, -0.05) is 74.3 Å². The van der Waals surface area contributed by atoms with Crippen LogP contribution >= 0.6 is 7.92 Å². The molecule has 0 aliphatic carbocycles. The van der Waals surface area contributed by atoms with Gasteiger partial charge in [-0.3, -0.25) is 0 Å². The molecule has 0 radical (unpaired) electrons. The Bertz CT molecular complexity index is 4060. The Morgan fingerprint density at radius 2 is 0.500 bits per heavy atom. The van der Waals surface area contributed by atoms with Crippen molar-refractivity contribution in [3.63, 3.8) is 0 Å². The van der Waals surface area contributed by atoms with Crippen LogP contribution in [-0.2, 0) is 25.7 Å². The number of halogens is 26. The summed E-state index contributed by atoms with van der Waals surface area (Å²) in [5.74, 6) is -74.9. The van der Waals surface area contributed by atoms with Gasteiger partial charge in [0.1, 0.15) is 34.7 Å². The van der Waals surface area contributed by atoms with Gasteiger partial charge in [0.2, 0.25) is 5.82 Å². The van der Waals surface area contributed by atoms with Crippen molar-refractivity contribution in [2.24, 2.45) is 11.8 Å². The molecule has 9 aromatic rings. The molecule has 9 rings (SSSR count). The number of hydrogen-bond donors (Lipinski definition) is 0. The molecular formula is C66H50BF26P. The Morgan fingerprint density at radius 1 is 0.277 bits per heavy atom. The Kier molecular flexibility index (Phi) is 21.2. The van der Waals surface area contributed by atoms with Crippen molar-refractivity contribution in [1.82, 2.24) is 0 Å². The second-order valence-electron chi connectivity index (χ2n) is 22.8. The Labute approximate surface area is 519 Å². The third kappa shape index (κ3) is 11.0. The van der Waals surface area contributed by atoms with Crippen LogP contribution in [0.1, 0.15) is 103 Å². The zero-order chi connectivity index (χ0) is 70.3. The van der Waals surface area contributed by atoms with Crippen LogP contribution in [0.2, 0.25) is 0 Å². The summed E-state index contributed by atoms with van der Waals surface area (Å²) in [5, 5.41) is -19.3. The Hall–Kier alpha value is -7.31. The average molecular weight is 1380 g/mol. The van der Waals surface area contributed by atoms with Gasteiger partial charge in [0.25, 0.3) is 0 Å². The van der Waals surface area contributed by atoms with Crippen LogP contribution in [0.5, 0.6) is 0 Å². The number of aryl methyl sites for hydroxylation is 4. The van der Waals surface area contributed by atoms with E-state index in [-0.39, 0.29) is 0 Å². The first kappa shape index (κ1) is 72.5. The van der Waals surface area contributed by atoms with Crippen molar-refractivity contribution in [2.45, 2.75) is 107 Å². The van der Waals surface area contributed by atoms with Crippen LogP contribution < -0.4 is 27.2 Å². The van der Waals surface area contributed by atoms with Crippen molar-refractivity contribution >= 4 is 84.3 Å². The first-order valence-electron chi connectivity index (χ1n) is 29.2. The highest BCUT2D eigenvalue weighted by Gasteiger charge is 2.51. The van der Waals surface area contributed by atoms with Gasteiger partial charge in [-0.15, -0.1) is 21.9 Å². The van der Waals surface area contributed by atoms with Crippen molar-refractivity contribution < 1.29 is 114 Å². The first-order valence-corrected chi connectivity index (χ1v) is 31.1. The van der Waals surface area contributed by atoms with Crippen LogP contribution in [-0.4, -0.2) is 18.5 Å². The normalized spacial score (nSPS) is 13.1. The summed E-state index contributed by atoms with van der Waals surface area (Å²) in [5.41, 5.74) is -19.5. The van der Waals surface area contributed by atoms with Gasteiger partial charge in [-0.2, -0.15) is 4.39 Å². The topological polar surface area (TPSA) is 0 Å². The molecule has 9 aromatic carbocycles. The molecular weight excluding hydrogens is 1330 g/mol. The highest BCUT2D eigenvalue weighted by Crippen LogP contribution is 2.45. The predicted molar refractivity (Wildman–Crippen MR) is 309 cm³/mol. The van der Waals surface area contributed by atoms with Gasteiger partial charge in [0.05, 0.1) is 33.9 Å². The largest absolute Gasteiger partial charge is 0.207 e. The van der Waals surface area contributed by atoms with E-state index in [0.29, 0.717) is 44.8 Å². The highest BCUT2D eigenvalue weighted by atomic mass is 31.1. The molecule has 0 fully saturated rings. The van der Waals surface area contributed by atoms with Crippen molar-refractivity contribution in [2.75, 3.05) is 12.3 Å². The minimum atomic E-state index is -7.12. The molecule has 0 saturated heterocycles. The minimum Gasteiger partial charge on any atom is -0.207 e. The summed E-state index contributed by atoms with van der Waals surface area (Å²) in [6, 6.07) is 4.70. The molecule has 28 heteroatoms. The molecule has 0 amide bonds. The molecule has 0 saturated carbocycles. The standard InChI is InChI=1S/C48H20BF24.C18H29F2P/c1-5-9-13-17(29(54)41(66)25(9)50)33(58)45(70)37(62)21(13)49(22-14-10(6-2)26(51)42(67)30(55)18(14)34(59)46(71)38(22)63,23-15-11(7-3)27(52)43(68)31(56)19(15)35(60)47(72)39(23)64)24-16-12(8-4)28(53)44(69)32(57)20(16)36(61)48(73)40(24)65;1-5-8-14(3)12-21(13-15(4)9-6-2)17-11-7-10-16(19)18(17)20/h5-8H2,1-4H3;7,10-11,14-15H,5-6,8-9,12-13H2,1-4H3/q-1;/p+1. The van der Waals surface area contributed by atoms with Crippen LogP contribution in [0.4, 0.5) is 114 Å². The van der Waals surface area contributed by atoms with E-state index in [1.165, 1.54) is 18.9 Å². The van der Waals surface area contributed by atoms with Crippen molar-refractivity contribution in [3.8, 4) is 0 Å². The summed E-state index contributed by atoms with van der Waals surface area (Å²) in [7, 11) is -1.03. The van der Waals surface area contributed by atoms with E-state index < -0.39 is 278 Å². The highest BCUT2D eigenvalue weighted by molar-refractivity contribution is 7.65. The number of benzene rings is 9. The Balaban J connectivity index is 0.000000460. The summed E-state index contributed by atoms with van der Waals surface area (Å²) in [4.78, 5) is 0. The maximum Gasteiger partial charge on any atom is 0.200 e. The number of hydrogen-bond acceptors (Lipinski definition) is 0. The lowest BCUT2D eigenvalue weighted by molar-refractivity contribution is 0.433. The molecule has 0 aromatic heterocycles. The minimum absolute atomic E-state index is 0.598. The Morgan fingerprint density at radius 3 is 0.713 bits per heavy atom. The van der Waals surface area contributed by atoms with Crippen LogP contribution in [0.15, 0.2) is 18.2 Å². The monoisotopic (exact) mass is 1380 g/mol. The lowest BCUT2D eigenvalue weighted by atomic mass is 9.11. The van der Waals surface area contributed by atoms with Crippen LogP contribution in [0.3, 0.4) is 0 Å². The van der Waals surface area contributed by atoms with Gasteiger partial charge in [0.15, 0.2) is 122 Å². The smallest absolute Gasteiger partial charge is 0.200 e. The quantitative estimate of drug-likeness (QED) is 0.0369. The molecule has 0 aliphatic rings. The second-order valence-corrected chi connectivity index (χ2v) is 25.3. The summed E-state index contributed by atoms with van der Waals surface area (Å²) >= 11 is 0. The fraction of sp³-hybridized carbons (Fsp3) is 0.303. The van der Waals surface area contributed by atoms with E-state index in [0.717, 1.165) is 25.2 Å². The van der Waals surface area contributed by atoms with Crippen molar-refractivity contribution in [3.05, 3.63) is 192 Å². The van der Waals surface area contributed by atoms with Gasteiger partial charge in [0, 0.05) is 7.92 Å². The average Bonchev–Trinajstić information content (AvgIpc) is 0.662. The molecule has 0 N–H and O–H groups in total. The molecule has 0 heterocycles. The fourth-order valence-corrected chi connectivity index (χ4v) is 17.0. The van der Waals surface area contributed by atoms with E-state index in [1.807, 2.05) is 6.07 Å². The van der Waals surface area contributed by atoms with E-state index in [4.69, 9.17) is 0 Å². The molecule has 2 unspecified atom stereocenters. The zero-order valence-electron chi connectivity index (χ0n) is 50.4. The summed E-state index contributed by atoms with van der Waals surface area (Å²) < 4.78 is 426. The molecule has 504 valence electrons. The molecule has 0 spiro atoms. The van der Waals surface area contributed by atoms with Gasteiger partial charge in [-0.25, -0.2) is 110 Å². The van der Waals surface area contributed by atoms with E-state index in [9.17, 15) is 8.78 Å². The molecule has 0 nitrogen and oxygen atoms in total. The SMILES string of the molecule is CCCC(C)C[PH+](CC(C)CCC)c1cccc(F)c1F.CCc1c(F)c(F)c(F)c2c(F)c(F)c(F)c([B-](c3c(F)c(F)c(F)c4c(F)c(F)c(F)c(CC)c34)(c3c(F)c(F)c(F)c4c(F)c(F)c(F)c(CC)c34)c3c(F)c(F)c(F)c4c(F)c(F)c(F)c(CC)c34)c12. The van der Waals surface area contributed by atoms with Crippen LogP contribution in [0, 0.1) is 163 Å².